The molecule has 1 saturated heterocycles. The van der Waals surface area contributed by atoms with Crippen molar-refractivity contribution in [3.63, 3.8) is 0 Å². The average Bonchev–Trinajstić information content (AvgIpc) is 2.56. The van der Waals surface area contributed by atoms with Crippen LogP contribution in [0.15, 0.2) is 42.6 Å². The van der Waals surface area contributed by atoms with Crippen LogP contribution in [0.4, 0.5) is 0 Å². The zero-order valence-corrected chi connectivity index (χ0v) is 12.9. The fraction of sp³-hybridized carbons (Fsp3) is 0.500. The molecule has 2 heterocycles. The maximum atomic E-state index is 12.4. The van der Waals surface area contributed by atoms with Crippen molar-refractivity contribution in [1.82, 2.24) is 9.80 Å². The SMILES string of the molecule is O=C1C(O)C(CN2CCCCC2)C=CN1Cc1ccccc1. The lowest BCUT2D eigenvalue weighted by Gasteiger charge is -2.35. The van der Waals surface area contributed by atoms with E-state index in [9.17, 15) is 9.90 Å². The van der Waals surface area contributed by atoms with Crippen LogP contribution in [-0.2, 0) is 11.3 Å². The molecule has 1 aromatic carbocycles. The van der Waals surface area contributed by atoms with Gasteiger partial charge in [-0.25, -0.2) is 0 Å². The van der Waals surface area contributed by atoms with E-state index in [1.165, 1.54) is 19.3 Å². The quantitative estimate of drug-likeness (QED) is 0.925. The van der Waals surface area contributed by atoms with Gasteiger partial charge in [0.1, 0.15) is 6.10 Å². The summed E-state index contributed by atoms with van der Waals surface area (Å²) in [4.78, 5) is 16.4. The molecule has 2 atom stereocenters. The maximum absolute atomic E-state index is 12.4. The average molecular weight is 300 g/mol. The predicted octanol–water partition coefficient (Wildman–Crippen LogP) is 2.01. The van der Waals surface area contributed by atoms with Crippen molar-refractivity contribution in [3.8, 4) is 0 Å². The highest BCUT2D eigenvalue weighted by Gasteiger charge is 2.32. The summed E-state index contributed by atoms with van der Waals surface area (Å²) in [6, 6.07) is 9.87. The second-order valence-corrected chi connectivity index (χ2v) is 6.26. The highest BCUT2D eigenvalue weighted by molar-refractivity contribution is 5.83. The zero-order valence-electron chi connectivity index (χ0n) is 12.9. The van der Waals surface area contributed by atoms with Gasteiger partial charge in [0.25, 0.3) is 5.91 Å². The van der Waals surface area contributed by atoms with Gasteiger partial charge in [-0.1, -0.05) is 42.8 Å². The van der Waals surface area contributed by atoms with Crippen molar-refractivity contribution in [3.05, 3.63) is 48.2 Å². The van der Waals surface area contributed by atoms with E-state index in [1.807, 2.05) is 42.6 Å². The van der Waals surface area contributed by atoms with E-state index in [0.29, 0.717) is 6.54 Å². The first-order valence-electron chi connectivity index (χ1n) is 8.17. The number of piperidine rings is 1. The molecule has 3 rings (SSSR count). The van der Waals surface area contributed by atoms with Gasteiger partial charge < -0.3 is 14.9 Å². The predicted molar refractivity (Wildman–Crippen MR) is 85.9 cm³/mol. The summed E-state index contributed by atoms with van der Waals surface area (Å²) in [6.45, 7) is 3.46. The van der Waals surface area contributed by atoms with E-state index in [1.54, 1.807) is 4.90 Å². The molecule has 0 spiro atoms. The summed E-state index contributed by atoms with van der Waals surface area (Å²) in [5.41, 5.74) is 1.07. The molecule has 2 unspecified atom stereocenters. The largest absolute Gasteiger partial charge is 0.383 e. The molecule has 1 N–H and O–H groups in total. The molecule has 0 aliphatic carbocycles. The topological polar surface area (TPSA) is 43.8 Å². The minimum Gasteiger partial charge on any atom is -0.383 e. The number of nitrogens with zero attached hydrogens (tertiary/aromatic N) is 2. The van der Waals surface area contributed by atoms with Gasteiger partial charge in [0.05, 0.1) is 6.54 Å². The van der Waals surface area contributed by atoms with Gasteiger partial charge in [0, 0.05) is 18.7 Å². The number of likely N-dealkylation sites (tertiary alicyclic amines) is 1. The fourth-order valence-corrected chi connectivity index (χ4v) is 3.26. The molecule has 1 aromatic rings. The summed E-state index contributed by atoms with van der Waals surface area (Å²) >= 11 is 0. The van der Waals surface area contributed by atoms with E-state index in [0.717, 1.165) is 25.2 Å². The zero-order chi connectivity index (χ0) is 15.4. The van der Waals surface area contributed by atoms with Gasteiger partial charge in [0.2, 0.25) is 0 Å². The molecule has 2 aliphatic rings. The molecule has 118 valence electrons. The molecule has 1 amide bonds. The van der Waals surface area contributed by atoms with E-state index >= 15 is 0 Å². The molecule has 4 nitrogen and oxygen atoms in total. The normalized spacial score (nSPS) is 26.4. The third-order valence-corrected chi connectivity index (χ3v) is 4.57. The van der Waals surface area contributed by atoms with Crippen molar-refractivity contribution in [2.75, 3.05) is 19.6 Å². The van der Waals surface area contributed by atoms with E-state index in [4.69, 9.17) is 0 Å². The highest BCUT2D eigenvalue weighted by atomic mass is 16.3. The van der Waals surface area contributed by atoms with Crippen LogP contribution in [-0.4, -0.2) is 46.6 Å². The molecule has 0 aromatic heterocycles. The molecule has 2 aliphatic heterocycles. The number of rotatable bonds is 4. The van der Waals surface area contributed by atoms with Gasteiger partial charge in [-0.3, -0.25) is 4.79 Å². The Morgan fingerprint density at radius 3 is 2.55 bits per heavy atom. The van der Waals surface area contributed by atoms with Crippen LogP contribution >= 0.6 is 0 Å². The first kappa shape index (κ1) is 15.3. The van der Waals surface area contributed by atoms with Crippen molar-refractivity contribution in [2.45, 2.75) is 31.9 Å². The Morgan fingerprint density at radius 2 is 1.82 bits per heavy atom. The van der Waals surface area contributed by atoms with Crippen LogP contribution in [0.3, 0.4) is 0 Å². The van der Waals surface area contributed by atoms with Crippen LogP contribution < -0.4 is 0 Å². The Hall–Kier alpha value is -1.65. The summed E-state index contributed by atoms with van der Waals surface area (Å²) in [6.07, 6.45) is 6.65. The van der Waals surface area contributed by atoms with Gasteiger partial charge in [0.15, 0.2) is 0 Å². The first-order valence-corrected chi connectivity index (χ1v) is 8.17. The van der Waals surface area contributed by atoms with E-state index in [2.05, 4.69) is 4.90 Å². The summed E-state index contributed by atoms with van der Waals surface area (Å²) in [7, 11) is 0. The van der Waals surface area contributed by atoms with Gasteiger partial charge >= 0.3 is 0 Å². The number of carbonyl (C=O) groups is 1. The lowest BCUT2D eigenvalue weighted by atomic mass is 9.96. The number of aliphatic hydroxyl groups excluding tert-OH is 1. The third-order valence-electron chi connectivity index (χ3n) is 4.57. The first-order chi connectivity index (χ1) is 10.7. The summed E-state index contributed by atoms with van der Waals surface area (Å²) < 4.78 is 0. The van der Waals surface area contributed by atoms with Gasteiger partial charge in [-0.05, 0) is 31.5 Å². The van der Waals surface area contributed by atoms with Crippen molar-refractivity contribution < 1.29 is 9.90 Å². The Morgan fingerprint density at radius 1 is 1.09 bits per heavy atom. The number of aliphatic hydroxyl groups is 1. The second-order valence-electron chi connectivity index (χ2n) is 6.26. The Bertz CT molecular complexity index is 523. The maximum Gasteiger partial charge on any atom is 0.256 e. The minimum atomic E-state index is -0.921. The van der Waals surface area contributed by atoms with Crippen molar-refractivity contribution in [1.29, 1.82) is 0 Å². The van der Waals surface area contributed by atoms with Crippen LogP contribution in [0.5, 0.6) is 0 Å². The van der Waals surface area contributed by atoms with Crippen LogP contribution in [0.25, 0.3) is 0 Å². The molecule has 4 heteroatoms. The Balaban J connectivity index is 1.62. The molecule has 0 radical (unpaired) electrons. The van der Waals surface area contributed by atoms with Crippen molar-refractivity contribution in [2.24, 2.45) is 5.92 Å². The van der Waals surface area contributed by atoms with Gasteiger partial charge in [-0.15, -0.1) is 0 Å². The van der Waals surface area contributed by atoms with E-state index in [-0.39, 0.29) is 11.8 Å². The monoisotopic (exact) mass is 300 g/mol. The van der Waals surface area contributed by atoms with Crippen molar-refractivity contribution >= 4 is 5.91 Å². The molecule has 0 saturated carbocycles. The Labute approximate surface area is 132 Å². The van der Waals surface area contributed by atoms with Crippen LogP contribution in [0.2, 0.25) is 0 Å². The number of hydrogen-bond donors (Lipinski definition) is 1. The number of hydrogen-bond acceptors (Lipinski definition) is 3. The lowest BCUT2D eigenvalue weighted by molar-refractivity contribution is -0.141. The fourth-order valence-electron chi connectivity index (χ4n) is 3.26. The number of benzene rings is 1. The van der Waals surface area contributed by atoms with Gasteiger partial charge in [-0.2, -0.15) is 0 Å². The van der Waals surface area contributed by atoms with Crippen LogP contribution in [0.1, 0.15) is 24.8 Å². The smallest absolute Gasteiger partial charge is 0.256 e. The Kier molecular flexibility index (Phi) is 4.90. The highest BCUT2D eigenvalue weighted by Crippen LogP contribution is 2.21. The summed E-state index contributed by atoms with van der Waals surface area (Å²) in [5, 5.41) is 10.3. The molecular weight excluding hydrogens is 276 g/mol. The third kappa shape index (κ3) is 3.57. The lowest BCUT2D eigenvalue weighted by Crippen LogP contribution is -2.47. The number of carbonyl (C=O) groups excluding carboxylic acids is 1. The second kappa shape index (κ2) is 7.07. The van der Waals surface area contributed by atoms with Crippen LogP contribution in [0, 0.1) is 5.92 Å². The molecule has 22 heavy (non-hydrogen) atoms. The molecule has 1 fully saturated rings. The minimum absolute atomic E-state index is 0.0855. The molecule has 0 bridgehead atoms. The molecular formula is C18H24N2O2. The standard InChI is InChI=1S/C18H24N2O2/c21-17-16(14-19-10-5-2-6-11-19)9-12-20(18(17)22)13-15-7-3-1-4-8-15/h1,3-4,7-9,12,16-17,21H,2,5-6,10-11,13-14H2. The van der Waals surface area contributed by atoms with E-state index < -0.39 is 6.10 Å². The number of amides is 1. The summed E-state index contributed by atoms with van der Waals surface area (Å²) in [5.74, 6) is -0.272.